The first-order valence-electron chi connectivity index (χ1n) is 7.17. The summed E-state index contributed by atoms with van der Waals surface area (Å²) in [5.74, 6) is 1.57. The molecule has 0 aromatic carbocycles. The topological polar surface area (TPSA) is 38.2 Å². The average molecular weight is 298 g/mol. The highest BCUT2D eigenvalue weighted by atomic mass is 35.5. The zero-order valence-corrected chi connectivity index (χ0v) is 13.7. The Labute approximate surface area is 126 Å². The number of hydrogen-bond donors (Lipinski definition) is 0. The number of anilines is 1. The van der Waals surface area contributed by atoms with Crippen LogP contribution in [0.25, 0.3) is 0 Å². The molecule has 0 bridgehead atoms. The summed E-state index contributed by atoms with van der Waals surface area (Å²) in [4.78, 5) is 11.4. The van der Waals surface area contributed by atoms with Crippen LogP contribution in [0.2, 0.25) is 0 Å². The first-order chi connectivity index (χ1) is 9.32. The van der Waals surface area contributed by atoms with Crippen molar-refractivity contribution in [1.29, 1.82) is 0 Å². The summed E-state index contributed by atoms with van der Waals surface area (Å²) in [6, 6.07) is 0. The highest BCUT2D eigenvalue weighted by molar-refractivity contribution is 6.17. The van der Waals surface area contributed by atoms with Crippen molar-refractivity contribution in [3.05, 3.63) is 17.7 Å². The van der Waals surface area contributed by atoms with Gasteiger partial charge in [-0.2, -0.15) is 0 Å². The van der Waals surface area contributed by atoms with Crippen LogP contribution in [0.4, 0.5) is 5.69 Å². The van der Waals surface area contributed by atoms with Crippen molar-refractivity contribution in [2.45, 2.75) is 58.1 Å². The maximum atomic E-state index is 6.09. The molecule has 0 N–H and O–H groups in total. The van der Waals surface area contributed by atoms with E-state index < -0.39 is 0 Å². The van der Waals surface area contributed by atoms with Crippen LogP contribution in [0, 0.1) is 0 Å². The molecule has 1 fully saturated rings. The lowest BCUT2D eigenvalue weighted by Crippen LogP contribution is -2.52. The number of ether oxygens (including phenoxy) is 1. The zero-order chi connectivity index (χ0) is 14.9. The summed E-state index contributed by atoms with van der Waals surface area (Å²) >= 11 is 6.09. The summed E-state index contributed by atoms with van der Waals surface area (Å²) in [6.07, 6.45) is 2.10. The molecule has 1 aromatic heterocycles. The molecule has 0 amide bonds. The second-order valence-electron chi connectivity index (χ2n) is 6.42. The number of rotatable bonds is 3. The second kappa shape index (κ2) is 5.86. The van der Waals surface area contributed by atoms with E-state index in [-0.39, 0.29) is 11.7 Å². The Morgan fingerprint density at radius 3 is 2.75 bits per heavy atom. The van der Waals surface area contributed by atoms with E-state index in [1.807, 2.05) is 6.20 Å². The maximum Gasteiger partial charge on any atom is 0.131 e. The summed E-state index contributed by atoms with van der Waals surface area (Å²) in [5.41, 5.74) is 1.78. The minimum absolute atomic E-state index is 0.169. The Kier molecular flexibility index (Phi) is 4.55. The Morgan fingerprint density at radius 2 is 2.20 bits per heavy atom. The largest absolute Gasteiger partial charge is 0.369 e. The predicted octanol–water partition coefficient (Wildman–Crippen LogP) is 3.34. The Morgan fingerprint density at radius 1 is 1.50 bits per heavy atom. The molecular formula is C15H24ClN3O. The van der Waals surface area contributed by atoms with Crippen LogP contribution in [0.3, 0.4) is 0 Å². The summed E-state index contributed by atoms with van der Waals surface area (Å²) in [7, 11) is 0. The molecule has 0 spiro atoms. The Balaban J connectivity index is 2.32. The average Bonchev–Trinajstić information content (AvgIpc) is 2.35. The molecule has 5 heteroatoms. The molecule has 1 atom stereocenters. The van der Waals surface area contributed by atoms with Crippen molar-refractivity contribution in [3.8, 4) is 0 Å². The molecule has 0 radical (unpaired) electrons. The van der Waals surface area contributed by atoms with Gasteiger partial charge in [-0.05, 0) is 20.8 Å². The molecule has 4 nitrogen and oxygen atoms in total. The fraction of sp³-hybridized carbons (Fsp3) is 0.733. The van der Waals surface area contributed by atoms with Gasteiger partial charge in [0.05, 0.1) is 35.2 Å². The van der Waals surface area contributed by atoms with Crippen molar-refractivity contribution < 1.29 is 4.74 Å². The lowest BCUT2D eigenvalue weighted by atomic mass is 10.0. The number of aromatic nitrogens is 2. The summed E-state index contributed by atoms with van der Waals surface area (Å²) in [6.45, 7) is 12.2. The first-order valence-corrected chi connectivity index (χ1v) is 7.70. The molecule has 0 aliphatic carbocycles. The van der Waals surface area contributed by atoms with E-state index in [4.69, 9.17) is 16.3 Å². The lowest BCUT2D eigenvalue weighted by molar-refractivity contribution is -0.0750. The summed E-state index contributed by atoms with van der Waals surface area (Å²) in [5, 5.41) is 0. The van der Waals surface area contributed by atoms with Gasteiger partial charge < -0.3 is 9.64 Å². The number of nitrogens with zero attached hydrogens (tertiary/aromatic N) is 3. The van der Waals surface area contributed by atoms with Crippen LogP contribution in [0.1, 0.15) is 52.1 Å². The van der Waals surface area contributed by atoms with Crippen LogP contribution in [-0.2, 0) is 10.6 Å². The number of alkyl halides is 1. The molecule has 20 heavy (non-hydrogen) atoms. The van der Waals surface area contributed by atoms with Crippen molar-refractivity contribution in [1.82, 2.24) is 9.97 Å². The standard InChI is InChI=1S/C15H24ClN3O/c1-10(2)14-17-7-13(12(6-16)18-14)19-8-11(3)20-15(4,5)9-19/h7,10-11H,6,8-9H2,1-5H3. The Hall–Kier alpha value is -0.870. The molecule has 0 saturated carbocycles. The van der Waals surface area contributed by atoms with Crippen LogP contribution in [-0.4, -0.2) is 34.8 Å². The van der Waals surface area contributed by atoms with Gasteiger partial charge in [0.25, 0.3) is 0 Å². The quantitative estimate of drug-likeness (QED) is 0.802. The van der Waals surface area contributed by atoms with Crippen molar-refractivity contribution in [3.63, 3.8) is 0 Å². The van der Waals surface area contributed by atoms with E-state index in [2.05, 4.69) is 49.5 Å². The van der Waals surface area contributed by atoms with E-state index in [1.165, 1.54) is 0 Å². The van der Waals surface area contributed by atoms with Gasteiger partial charge in [0.15, 0.2) is 0 Å². The SMILES string of the molecule is CC1CN(c2cnc(C(C)C)nc2CCl)CC(C)(C)O1. The first kappa shape index (κ1) is 15.5. The molecule has 2 heterocycles. The second-order valence-corrected chi connectivity index (χ2v) is 6.68. The van der Waals surface area contributed by atoms with Gasteiger partial charge in [-0.3, -0.25) is 0 Å². The third kappa shape index (κ3) is 3.41. The van der Waals surface area contributed by atoms with Crippen LogP contribution < -0.4 is 4.90 Å². The number of hydrogen-bond acceptors (Lipinski definition) is 4. The van der Waals surface area contributed by atoms with Gasteiger partial charge in [-0.15, -0.1) is 11.6 Å². The molecule has 1 aliphatic rings. The third-order valence-corrected chi connectivity index (χ3v) is 3.67. The fourth-order valence-corrected chi connectivity index (χ4v) is 2.90. The van der Waals surface area contributed by atoms with Gasteiger partial charge in [0.1, 0.15) is 5.82 Å². The van der Waals surface area contributed by atoms with Gasteiger partial charge in [0, 0.05) is 19.0 Å². The summed E-state index contributed by atoms with van der Waals surface area (Å²) < 4.78 is 5.95. The minimum atomic E-state index is -0.169. The smallest absolute Gasteiger partial charge is 0.131 e. The molecule has 1 aliphatic heterocycles. The monoisotopic (exact) mass is 297 g/mol. The normalized spacial score (nSPS) is 22.4. The number of morpholine rings is 1. The molecule has 1 unspecified atom stereocenters. The lowest BCUT2D eigenvalue weighted by Gasteiger charge is -2.43. The highest BCUT2D eigenvalue weighted by Gasteiger charge is 2.32. The van der Waals surface area contributed by atoms with E-state index in [1.54, 1.807) is 0 Å². The molecule has 112 valence electrons. The van der Waals surface area contributed by atoms with E-state index in [0.717, 1.165) is 30.3 Å². The maximum absolute atomic E-state index is 6.09. The number of halogens is 1. The van der Waals surface area contributed by atoms with Crippen molar-refractivity contribution in [2.24, 2.45) is 0 Å². The van der Waals surface area contributed by atoms with Gasteiger partial charge in [-0.1, -0.05) is 13.8 Å². The molecule has 2 rings (SSSR count). The van der Waals surface area contributed by atoms with E-state index in [9.17, 15) is 0 Å². The third-order valence-electron chi connectivity index (χ3n) is 3.42. The van der Waals surface area contributed by atoms with E-state index >= 15 is 0 Å². The molecular weight excluding hydrogens is 274 g/mol. The minimum Gasteiger partial charge on any atom is -0.369 e. The van der Waals surface area contributed by atoms with E-state index in [0.29, 0.717) is 11.8 Å². The van der Waals surface area contributed by atoms with Crippen LogP contribution in [0.5, 0.6) is 0 Å². The predicted molar refractivity (Wildman–Crippen MR) is 82.5 cm³/mol. The molecule has 1 aromatic rings. The molecule has 1 saturated heterocycles. The highest BCUT2D eigenvalue weighted by Crippen LogP contribution is 2.28. The van der Waals surface area contributed by atoms with Gasteiger partial charge >= 0.3 is 0 Å². The zero-order valence-electron chi connectivity index (χ0n) is 13.0. The van der Waals surface area contributed by atoms with Gasteiger partial charge in [-0.25, -0.2) is 9.97 Å². The Bertz CT molecular complexity index is 476. The van der Waals surface area contributed by atoms with Crippen LogP contribution >= 0.6 is 11.6 Å². The van der Waals surface area contributed by atoms with Gasteiger partial charge in [0.2, 0.25) is 0 Å². The fourth-order valence-electron chi connectivity index (χ4n) is 2.70. The van der Waals surface area contributed by atoms with Crippen molar-refractivity contribution >= 4 is 17.3 Å². The van der Waals surface area contributed by atoms with Crippen molar-refractivity contribution in [2.75, 3.05) is 18.0 Å². The van der Waals surface area contributed by atoms with Crippen LogP contribution in [0.15, 0.2) is 6.20 Å².